The summed E-state index contributed by atoms with van der Waals surface area (Å²) in [6, 6.07) is 5.33. The van der Waals surface area contributed by atoms with Gasteiger partial charge < -0.3 is 4.84 Å². The van der Waals surface area contributed by atoms with Crippen LogP contribution in [-0.4, -0.2) is 21.9 Å². The molecule has 2 bridgehead atoms. The van der Waals surface area contributed by atoms with Gasteiger partial charge in [0, 0.05) is 22.9 Å². The maximum absolute atomic E-state index is 12.1. The van der Waals surface area contributed by atoms with Crippen molar-refractivity contribution in [2.75, 3.05) is 5.33 Å². The van der Waals surface area contributed by atoms with Gasteiger partial charge >= 0.3 is 5.97 Å². The number of hydrogen-bond donors (Lipinski definition) is 0. The van der Waals surface area contributed by atoms with E-state index in [1.807, 2.05) is 0 Å². The van der Waals surface area contributed by atoms with Gasteiger partial charge in [-0.25, -0.2) is 4.79 Å². The van der Waals surface area contributed by atoms with Gasteiger partial charge in [-0.3, -0.25) is 10.1 Å². The van der Waals surface area contributed by atoms with E-state index in [0.717, 1.165) is 23.9 Å². The molecular formula is C17H19BrN2O4. The van der Waals surface area contributed by atoms with Gasteiger partial charge in [0.05, 0.1) is 16.2 Å². The van der Waals surface area contributed by atoms with Crippen molar-refractivity contribution in [3.8, 4) is 0 Å². The smallest absolute Gasteiger partial charge is 0.313 e. The van der Waals surface area contributed by atoms with E-state index < -0.39 is 10.9 Å². The molecule has 0 heterocycles. The number of hydrogen-bond acceptors (Lipinski definition) is 5. The highest BCUT2D eigenvalue weighted by Crippen LogP contribution is 2.64. The average Bonchev–Trinajstić information content (AvgIpc) is 2.95. The minimum atomic E-state index is -0.593. The van der Waals surface area contributed by atoms with Crippen LogP contribution in [0, 0.1) is 26.9 Å². The quantitative estimate of drug-likeness (QED) is 0.329. The second-order valence-electron chi connectivity index (χ2n) is 7.04. The van der Waals surface area contributed by atoms with Crippen LogP contribution in [0.15, 0.2) is 29.4 Å². The molecule has 3 atom stereocenters. The van der Waals surface area contributed by atoms with Gasteiger partial charge in [0.1, 0.15) is 0 Å². The fourth-order valence-electron chi connectivity index (χ4n) is 4.04. The first-order valence-corrected chi connectivity index (χ1v) is 9.03. The second-order valence-corrected chi connectivity index (χ2v) is 7.60. The summed E-state index contributed by atoms with van der Waals surface area (Å²) in [5, 5.41) is 15.7. The van der Waals surface area contributed by atoms with Gasteiger partial charge in [-0.05, 0) is 42.7 Å². The molecule has 128 valence electrons. The Kier molecular flexibility index (Phi) is 4.23. The van der Waals surface area contributed by atoms with Crippen molar-refractivity contribution in [1.29, 1.82) is 0 Å². The second kappa shape index (κ2) is 5.95. The Morgan fingerprint density at radius 3 is 2.62 bits per heavy atom. The van der Waals surface area contributed by atoms with Gasteiger partial charge in [0.15, 0.2) is 0 Å². The molecule has 2 aliphatic rings. The van der Waals surface area contributed by atoms with Crippen molar-refractivity contribution in [3.05, 3.63) is 39.9 Å². The Hall–Kier alpha value is -1.76. The van der Waals surface area contributed by atoms with Crippen LogP contribution in [-0.2, 0) is 4.84 Å². The number of carbonyl (C=O) groups is 1. The van der Waals surface area contributed by atoms with Crippen LogP contribution in [0.1, 0.15) is 43.5 Å². The van der Waals surface area contributed by atoms with Gasteiger partial charge in [-0.2, -0.15) is 0 Å². The number of rotatable bonds is 4. The zero-order chi connectivity index (χ0) is 17.5. The molecule has 7 heteroatoms. The molecule has 0 aliphatic heterocycles. The number of oxime groups is 1. The predicted octanol–water partition coefficient (Wildman–Crippen LogP) is 4.33. The number of carbonyl (C=O) groups excluding carboxylic acids is 1. The number of nitro groups is 1. The molecule has 3 rings (SSSR count). The van der Waals surface area contributed by atoms with Gasteiger partial charge in [-0.1, -0.05) is 34.9 Å². The molecule has 2 fully saturated rings. The summed E-state index contributed by atoms with van der Waals surface area (Å²) in [6.45, 7) is 4.46. The zero-order valence-corrected chi connectivity index (χ0v) is 15.2. The minimum absolute atomic E-state index is 0.0586. The van der Waals surface area contributed by atoms with Crippen molar-refractivity contribution in [2.24, 2.45) is 21.9 Å². The van der Waals surface area contributed by atoms with E-state index in [4.69, 9.17) is 4.84 Å². The van der Waals surface area contributed by atoms with Crippen LogP contribution >= 0.6 is 15.9 Å². The maximum atomic E-state index is 12.1. The van der Waals surface area contributed by atoms with E-state index in [9.17, 15) is 14.9 Å². The summed E-state index contributed by atoms with van der Waals surface area (Å²) >= 11 is 3.63. The monoisotopic (exact) mass is 394 g/mol. The van der Waals surface area contributed by atoms with Crippen molar-refractivity contribution >= 4 is 33.3 Å². The third-order valence-corrected chi connectivity index (χ3v) is 7.23. The third kappa shape index (κ3) is 2.46. The van der Waals surface area contributed by atoms with Gasteiger partial charge in [0.2, 0.25) is 0 Å². The molecule has 0 spiro atoms. The van der Waals surface area contributed by atoms with E-state index in [-0.39, 0.29) is 22.1 Å². The normalized spacial score (nSPS) is 33.0. The van der Waals surface area contributed by atoms with Crippen LogP contribution < -0.4 is 0 Å². The first-order valence-electron chi connectivity index (χ1n) is 7.91. The highest BCUT2D eigenvalue weighted by atomic mass is 79.9. The Morgan fingerprint density at radius 1 is 1.42 bits per heavy atom. The highest BCUT2D eigenvalue weighted by Gasteiger charge is 2.62. The van der Waals surface area contributed by atoms with Gasteiger partial charge in [0.25, 0.3) is 5.69 Å². The summed E-state index contributed by atoms with van der Waals surface area (Å²) in [7, 11) is 0. The minimum Gasteiger partial charge on any atom is -0.313 e. The van der Waals surface area contributed by atoms with Crippen LogP contribution in [0.5, 0.6) is 0 Å². The largest absolute Gasteiger partial charge is 0.365 e. The molecule has 0 aromatic heterocycles. The number of nitro benzene ring substituents is 1. The summed E-state index contributed by atoms with van der Waals surface area (Å²) in [4.78, 5) is 27.4. The predicted molar refractivity (Wildman–Crippen MR) is 93.3 cm³/mol. The third-order valence-electron chi connectivity index (χ3n) is 6.06. The lowest BCUT2D eigenvalue weighted by Crippen LogP contribution is -2.36. The molecule has 24 heavy (non-hydrogen) atoms. The lowest BCUT2D eigenvalue weighted by Gasteiger charge is -2.36. The molecule has 0 saturated heterocycles. The molecule has 6 nitrogen and oxygen atoms in total. The number of fused-ring (bicyclic) bond motifs is 2. The zero-order valence-electron chi connectivity index (χ0n) is 13.6. The Morgan fingerprint density at radius 2 is 2.08 bits per heavy atom. The van der Waals surface area contributed by atoms with Crippen molar-refractivity contribution in [2.45, 2.75) is 33.1 Å². The molecule has 0 radical (unpaired) electrons. The molecule has 2 saturated carbocycles. The lowest BCUT2D eigenvalue weighted by atomic mass is 9.70. The van der Waals surface area contributed by atoms with Crippen molar-refractivity contribution in [1.82, 2.24) is 0 Å². The van der Waals surface area contributed by atoms with Gasteiger partial charge in [-0.15, -0.1) is 0 Å². The Labute approximate surface area is 148 Å². The number of non-ortho nitro benzene ring substituents is 1. The van der Waals surface area contributed by atoms with E-state index in [1.54, 1.807) is 0 Å². The molecular weight excluding hydrogens is 376 g/mol. The van der Waals surface area contributed by atoms with E-state index in [2.05, 4.69) is 34.9 Å². The van der Waals surface area contributed by atoms with E-state index >= 15 is 0 Å². The van der Waals surface area contributed by atoms with E-state index in [1.165, 1.54) is 30.7 Å². The lowest BCUT2D eigenvalue weighted by molar-refractivity contribution is -0.384. The van der Waals surface area contributed by atoms with Crippen LogP contribution in [0.25, 0.3) is 0 Å². The van der Waals surface area contributed by atoms with Crippen LogP contribution in [0.4, 0.5) is 5.69 Å². The fourth-order valence-corrected chi connectivity index (χ4v) is 5.12. The van der Waals surface area contributed by atoms with Crippen LogP contribution in [0.2, 0.25) is 0 Å². The number of alkyl halides is 1. The van der Waals surface area contributed by atoms with Crippen LogP contribution in [0.3, 0.4) is 0 Å². The summed E-state index contributed by atoms with van der Waals surface area (Å²) in [5.74, 6) is -0.0389. The summed E-state index contributed by atoms with van der Waals surface area (Å²) in [5.41, 5.74) is 1.20. The topological polar surface area (TPSA) is 81.8 Å². The molecule has 2 aliphatic carbocycles. The number of halogens is 1. The summed E-state index contributed by atoms with van der Waals surface area (Å²) in [6.07, 6.45) is 3.08. The van der Waals surface area contributed by atoms with E-state index in [0.29, 0.717) is 5.92 Å². The molecule has 3 unspecified atom stereocenters. The number of nitrogens with zero attached hydrogens (tertiary/aromatic N) is 2. The first-order chi connectivity index (χ1) is 11.3. The average molecular weight is 395 g/mol. The first kappa shape index (κ1) is 17.1. The number of benzene rings is 1. The van der Waals surface area contributed by atoms with Crippen molar-refractivity contribution in [3.63, 3.8) is 0 Å². The standard InChI is InChI=1S/C17H19BrN2O4/c1-16-8-7-12(17(16,2)10-18)9-14(16)19-24-15(21)11-3-5-13(6-4-11)20(22)23/h3-6,12H,7-10H2,1-2H3. The Balaban J connectivity index is 1.74. The van der Waals surface area contributed by atoms with Crippen molar-refractivity contribution < 1.29 is 14.6 Å². The highest BCUT2D eigenvalue weighted by molar-refractivity contribution is 9.09. The molecule has 1 aromatic rings. The summed E-state index contributed by atoms with van der Waals surface area (Å²) < 4.78 is 0. The Bertz CT molecular complexity index is 718. The molecule has 1 aromatic carbocycles. The molecule has 0 N–H and O–H groups in total. The molecule has 0 amide bonds. The SMILES string of the molecule is CC12CCC(CC1=NOC(=O)c1ccc([N+](=O)[O-])cc1)C2(C)CBr. The maximum Gasteiger partial charge on any atom is 0.365 e. The fraction of sp³-hybridized carbons (Fsp3) is 0.529.